The van der Waals surface area contributed by atoms with Crippen molar-refractivity contribution in [2.75, 3.05) is 58.7 Å². The Bertz CT molecular complexity index is 767. The van der Waals surface area contributed by atoms with Crippen LogP contribution in [0.1, 0.15) is 21.0 Å². The van der Waals surface area contributed by atoms with E-state index < -0.39 is 0 Å². The molecule has 27 heavy (non-hydrogen) atoms. The van der Waals surface area contributed by atoms with E-state index in [0.29, 0.717) is 37.6 Å². The van der Waals surface area contributed by atoms with E-state index in [4.69, 9.17) is 4.42 Å². The third kappa shape index (κ3) is 4.85. The number of pyridine rings is 1. The number of carbonyl (C=O) groups excluding carboxylic acids is 2. The number of hydrogen-bond acceptors (Lipinski definition) is 6. The molecule has 2 amide bonds. The molecule has 3 rings (SSSR count). The van der Waals surface area contributed by atoms with Gasteiger partial charge in [0.15, 0.2) is 5.76 Å². The number of rotatable bonds is 6. The highest BCUT2D eigenvalue weighted by molar-refractivity contribution is 5.94. The SMILES string of the molecule is CN(C)CCNc1ccnc(C(=O)N2CCN(C(=O)c3ccco3)CC2)c1. The van der Waals surface area contributed by atoms with Gasteiger partial charge in [-0.1, -0.05) is 0 Å². The highest BCUT2D eigenvalue weighted by atomic mass is 16.3. The van der Waals surface area contributed by atoms with Crippen LogP contribution < -0.4 is 5.32 Å². The smallest absolute Gasteiger partial charge is 0.289 e. The van der Waals surface area contributed by atoms with E-state index in [9.17, 15) is 9.59 Å². The zero-order chi connectivity index (χ0) is 19.2. The van der Waals surface area contributed by atoms with Crippen LogP contribution in [0, 0.1) is 0 Å². The van der Waals surface area contributed by atoms with Crippen molar-refractivity contribution < 1.29 is 14.0 Å². The van der Waals surface area contributed by atoms with Gasteiger partial charge >= 0.3 is 0 Å². The van der Waals surface area contributed by atoms with Gasteiger partial charge in [-0.25, -0.2) is 0 Å². The molecule has 2 aromatic heterocycles. The van der Waals surface area contributed by atoms with E-state index in [1.165, 1.54) is 6.26 Å². The van der Waals surface area contributed by atoms with E-state index in [1.807, 2.05) is 20.2 Å². The highest BCUT2D eigenvalue weighted by Gasteiger charge is 2.27. The monoisotopic (exact) mass is 371 g/mol. The van der Waals surface area contributed by atoms with Crippen LogP contribution in [0.2, 0.25) is 0 Å². The molecule has 1 fully saturated rings. The number of nitrogens with zero attached hydrogens (tertiary/aromatic N) is 4. The maximum Gasteiger partial charge on any atom is 0.289 e. The summed E-state index contributed by atoms with van der Waals surface area (Å²) in [5.74, 6) is 0.0709. The fourth-order valence-electron chi connectivity index (χ4n) is 2.91. The molecule has 1 N–H and O–H groups in total. The maximum atomic E-state index is 12.7. The number of anilines is 1. The second-order valence-electron chi connectivity index (χ2n) is 6.72. The number of nitrogens with one attached hydrogen (secondary N) is 1. The Morgan fingerprint density at radius 2 is 1.85 bits per heavy atom. The zero-order valence-electron chi connectivity index (χ0n) is 15.7. The second kappa shape index (κ2) is 8.68. The first kappa shape index (κ1) is 18.9. The molecule has 3 heterocycles. The van der Waals surface area contributed by atoms with Crippen LogP contribution in [-0.2, 0) is 0 Å². The number of piperazine rings is 1. The van der Waals surface area contributed by atoms with Crippen molar-refractivity contribution in [1.29, 1.82) is 0 Å². The van der Waals surface area contributed by atoms with Crippen LogP contribution in [0.5, 0.6) is 0 Å². The predicted octanol–water partition coefficient (Wildman–Crippen LogP) is 1.25. The fraction of sp³-hybridized carbons (Fsp3) is 0.421. The quantitative estimate of drug-likeness (QED) is 0.823. The largest absolute Gasteiger partial charge is 0.459 e. The summed E-state index contributed by atoms with van der Waals surface area (Å²) in [6.07, 6.45) is 3.13. The van der Waals surface area contributed by atoms with Gasteiger partial charge in [-0.3, -0.25) is 14.6 Å². The molecule has 144 valence electrons. The normalized spacial score (nSPS) is 14.5. The van der Waals surface area contributed by atoms with Crippen molar-refractivity contribution in [1.82, 2.24) is 19.7 Å². The molecule has 1 aliphatic heterocycles. The number of hydrogen-bond donors (Lipinski definition) is 1. The number of amides is 2. The predicted molar refractivity (Wildman–Crippen MR) is 102 cm³/mol. The number of furan rings is 1. The number of carbonyl (C=O) groups is 2. The lowest BCUT2D eigenvalue weighted by molar-refractivity contribution is 0.0515. The van der Waals surface area contributed by atoms with Gasteiger partial charge in [0.1, 0.15) is 5.69 Å². The van der Waals surface area contributed by atoms with E-state index >= 15 is 0 Å². The Morgan fingerprint density at radius 1 is 1.15 bits per heavy atom. The molecule has 0 aromatic carbocycles. The molecular weight excluding hydrogens is 346 g/mol. The lowest BCUT2D eigenvalue weighted by Crippen LogP contribution is -2.50. The molecule has 0 radical (unpaired) electrons. The van der Waals surface area contributed by atoms with Crippen LogP contribution in [0.3, 0.4) is 0 Å². The average molecular weight is 371 g/mol. The van der Waals surface area contributed by atoms with Gasteiger partial charge < -0.3 is 24.4 Å². The molecule has 0 aliphatic carbocycles. The molecule has 1 aliphatic rings. The first-order valence-corrected chi connectivity index (χ1v) is 9.01. The Labute approximate surface area is 158 Å². The minimum atomic E-state index is -0.141. The van der Waals surface area contributed by atoms with Crippen molar-refractivity contribution in [2.45, 2.75) is 0 Å². The molecule has 1 saturated heterocycles. The molecular formula is C19H25N5O3. The molecule has 0 unspecified atom stereocenters. The van der Waals surface area contributed by atoms with Crippen molar-refractivity contribution in [3.8, 4) is 0 Å². The van der Waals surface area contributed by atoms with Crippen LogP contribution in [0.15, 0.2) is 41.1 Å². The van der Waals surface area contributed by atoms with Crippen molar-refractivity contribution >= 4 is 17.5 Å². The summed E-state index contributed by atoms with van der Waals surface area (Å²) < 4.78 is 5.16. The zero-order valence-corrected chi connectivity index (χ0v) is 15.7. The summed E-state index contributed by atoms with van der Waals surface area (Å²) in [6, 6.07) is 6.97. The van der Waals surface area contributed by atoms with Gasteiger partial charge in [-0.05, 0) is 38.4 Å². The molecule has 0 atom stereocenters. The van der Waals surface area contributed by atoms with Gasteiger partial charge in [0.25, 0.3) is 11.8 Å². The topological polar surface area (TPSA) is 81.9 Å². The third-order valence-corrected chi connectivity index (χ3v) is 4.45. The Hall–Kier alpha value is -2.87. The molecule has 8 nitrogen and oxygen atoms in total. The summed E-state index contributed by atoms with van der Waals surface area (Å²) in [5.41, 5.74) is 1.29. The van der Waals surface area contributed by atoms with Gasteiger partial charge in [0.05, 0.1) is 6.26 Å². The summed E-state index contributed by atoms with van der Waals surface area (Å²) in [7, 11) is 4.03. The fourth-order valence-corrected chi connectivity index (χ4v) is 2.91. The van der Waals surface area contributed by atoms with E-state index in [2.05, 4.69) is 15.2 Å². The molecule has 0 saturated carbocycles. The minimum absolute atomic E-state index is 0.114. The molecule has 0 spiro atoms. The van der Waals surface area contributed by atoms with Gasteiger partial charge in [-0.15, -0.1) is 0 Å². The van der Waals surface area contributed by atoms with Crippen LogP contribution in [-0.4, -0.2) is 84.9 Å². The van der Waals surface area contributed by atoms with Gasteiger partial charge in [0.2, 0.25) is 0 Å². The minimum Gasteiger partial charge on any atom is -0.459 e. The van der Waals surface area contributed by atoms with Crippen molar-refractivity contribution in [3.05, 3.63) is 48.2 Å². The average Bonchev–Trinajstić information content (AvgIpc) is 3.22. The molecule has 8 heteroatoms. The summed E-state index contributed by atoms with van der Waals surface area (Å²) in [4.78, 5) is 34.8. The van der Waals surface area contributed by atoms with Crippen molar-refractivity contribution in [3.63, 3.8) is 0 Å². The molecule has 2 aromatic rings. The summed E-state index contributed by atoms with van der Waals surface area (Å²) >= 11 is 0. The van der Waals surface area contributed by atoms with Crippen LogP contribution in [0.25, 0.3) is 0 Å². The Morgan fingerprint density at radius 3 is 2.48 bits per heavy atom. The summed E-state index contributed by atoms with van der Waals surface area (Å²) in [5, 5.41) is 3.30. The lowest BCUT2D eigenvalue weighted by atomic mass is 10.2. The first-order valence-electron chi connectivity index (χ1n) is 9.01. The number of likely N-dealkylation sites (N-methyl/N-ethyl adjacent to an activating group) is 1. The van der Waals surface area contributed by atoms with E-state index in [0.717, 1.165) is 18.8 Å². The first-order chi connectivity index (χ1) is 13.0. The maximum absolute atomic E-state index is 12.7. The van der Waals surface area contributed by atoms with E-state index in [-0.39, 0.29) is 11.8 Å². The van der Waals surface area contributed by atoms with Gasteiger partial charge in [-0.2, -0.15) is 0 Å². The van der Waals surface area contributed by atoms with Crippen LogP contribution in [0.4, 0.5) is 5.69 Å². The molecule has 0 bridgehead atoms. The standard InChI is InChI=1S/C19H25N5O3/c1-22(2)8-7-20-15-5-6-21-16(14-15)18(25)23-9-11-24(12-10-23)19(26)17-4-3-13-27-17/h3-6,13-14H,7-12H2,1-2H3,(H,20,21). The van der Waals surface area contributed by atoms with Crippen LogP contribution >= 0.6 is 0 Å². The Kier molecular flexibility index (Phi) is 6.08. The number of aromatic nitrogens is 1. The third-order valence-electron chi connectivity index (χ3n) is 4.45. The Balaban J connectivity index is 1.55. The highest BCUT2D eigenvalue weighted by Crippen LogP contribution is 2.13. The van der Waals surface area contributed by atoms with E-state index in [1.54, 1.807) is 34.2 Å². The second-order valence-corrected chi connectivity index (χ2v) is 6.72. The van der Waals surface area contributed by atoms with Crippen molar-refractivity contribution in [2.24, 2.45) is 0 Å². The summed E-state index contributed by atoms with van der Waals surface area (Å²) in [6.45, 7) is 3.60. The lowest BCUT2D eigenvalue weighted by Gasteiger charge is -2.34. The van der Waals surface area contributed by atoms with Gasteiger partial charge in [0, 0.05) is 51.2 Å².